The Morgan fingerprint density at radius 1 is 1.14 bits per heavy atom. The highest BCUT2D eigenvalue weighted by atomic mass is 79.9. The Balaban J connectivity index is 1.66. The van der Waals surface area contributed by atoms with Crippen LogP contribution < -0.4 is 9.47 Å². The molecule has 0 saturated carbocycles. The fourth-order valence-electron chi connectivity index (χ4n) is 3.38. The predicted molar refractivity (Wildman–Crippen MR) is 131 cm³/mol. The van der Waals surface area contributed by atoms with Crippen LogP contribution in [-0.4, -0.2) is 29.9 Å². The van der Waals surface area contributed by atoms with Crippen LogP contribution in [-0.2, 0) is 9.53 Å². The molecule has 176 valence electrons. The zero-order valence-corrected chi connectivity index (χ0v) is 20.1. The van der Waals surface area contributed by atoms with Crippen molar-refractivity contribution in [2.75, 3.05) is 7.11 Å². The lowest BCUT2D eigenvalue weighted by atomic mass is 10.1. The smallest absolute Gasteiger partial charge is 0.363 e. The third-order valence-electron chi connectivity index (χ3n) is 5.11. The van der Waals surface area contributed by atoms with Crippen molar-refractivity contribution in [1.29, 1.82) is 0 Å². The van der Waals surface area contributed by atoms with Gasteiger partial charge in [0.05, 0.1) is 22.1 Å². The van der Waals surface area contributed by atoms with Gasteiger partial charge in [-0.3, -0.25) is 10.1 Å². The van der Waals surface area contributed by atoms with Gasteiger partial charge in [-0.25, -0.2) is 14.6 Å². The van der Waals surface area contributed by atoms with Crippen LogP contribution >= 0.6 is 15.9 Å². The first-order chi connectivity index (χ1) is 16.8. The third kappa shape index (κ3) is 4.97. The number of aliphatic imine (C=N–C) groups is 1. The Kier molecular flexibility index (Phi) is 6.74. The van der Waals surface area contributed by atoms with Gasteiger partial charge in [-0.05, 0) is 64.8 Å². The number of nitrogens with zero attached hydrogens (tertiary/aromatic N) is 2. The van der Waals surface area contributed by atoms with Gasteiger partial charge in [0.2, 0.25) is 5.90 Å². The molecule has 1 aliphatic heterocycles. The van der Waals surface area contributed by atoms with Gasteiger partial charge < -0.3 is 14.2 Å². The second-order valence-electron chi connectivity index (χ2n) is 7.33. The SMILES string of the molecule is COc1cc(/C=C2\N=C(c3cccc([N+](=O)[O-])c3C)OC2=O)cc(Br)c1OC(=O)c1ccccc1. The average molecular weight is 537 g/mol. The summed E-state index contributed by atoms with van der Waals surface area (Å²) in [5.74, 6) is -0.867. The maximum absolute atomic E-state index is 12.5. The van der Waals surface area contributed by atoms with E-state index in [2.05, 4.69) is 20.9 Å². The number of rotatable bonds is 6. The van der Waals surface area contributed by atoms with Crippen molar-refractivity contribution in [3.8, 4) is 11.5 Å². The van der Waals surface area contributed by atoms with E-state index in [0.717, 1.165) is 0 Å². The minimum atomic E-state index is -0.708. The molecule has 35 heavy (non-hydrogen) atoms. The van der Waals surface area contributed by atoms with Crippen molar-refractivity contribution in [3.05, 3.63) is 103 Å². The Labute approximate surface area is 207 Å². The van der Waals surface area contributed by atoms with E-state index in [4.69, 9.17) is 14.2 Å². The quantitative estimate of drug-likeness (QED) is 0.139. The van der Waals surface area contributed by atoms with Crippen LogP contribution in [0.2, 0.25) is 0 Å². The third-order valence-corrected chi connectivity index (χ3v) is 5.70. The van der Waals surface area contributed by atoms with E-state index in [0.29, 0.717) is 26.7 Å². The molecule has 1 aliphatic rings. The number of hydrogen-bond donors (Lipinski definition) is 0. The molecular weight excluding hydrogens is 520 g/mol. The van der Waals surface area contributed by atoms with Crippen molar-refractivity contribution in [3.63, 3.8) is 0 Å². The van der Waals surface area contributed by atoms with Crippen LogP contribution in [0.15, 0.2) is 75.8 Å². The summed E-state index contributed by atoms with van der Waals surface area (Å²) >= 11 is 3.38. The number of nitro benzene ring substituents is 1. The fourth-order valence-corrected chi connectivity index (χ4v) is 3.92. The molecule has 0 N–H and O–H groups in total. The Morgan fingerprint density at radius 3 is 2.57 bits per heavy atom. The van der Waals surface area contributed by atoms with Crippen LogP contribution in [0.4, 0.5) is 5.69 Å². The molecule has 0 unspecified atom stereocenters. The van der Waals surface area contributed by atoms with Crippen molar-refractivity contribution >= 4 is 45.5 Å². The van der Waals surface area contributed by atoms with Crippen LogP contribution in [0.3, 0.4) is 0 Å². The number of benzene rings is 3. The zero-order chi connectivity index (χ0) is 25.1. The number of nitro groups is 1. The minimum absolute atomic E-state index is 0.00566. The molecule has 3 aromatic carbocycles. The first-order valence-corrected chi connectivity index (χ1v) is 11.0. The van der Waals surface area contributed by atoms with Gasteiger partial charge in [0.25, 0.3) is 5.69 Å². The summed E-state index contributed by atoms with van der Waals surface area (Å²) in [6, 6.07) is 16.2. The molecule has 9 nitrogen and oxygen atoms in total. The number of ether oxygens (including phenoxy) is 3. The Morgan fingerprint density at radius 2 is 1.89 bits per heavy atom. The molecule has 0 radical (unpaired) electrons. The van der Waals surface area contributed by atoms with E-state index in [9.17, 15) is 19.7 Å². The molecule has 0 atom stereocenters. The second kappa shape index (κ2) is 9.90. The topological polar surface area (TPSA) is 117 Å². The number of carbonyl (C=O) groups excluding carboxylic acids is 2. The van der Waals surface area contributed by atoms with E-state index < -0.39 is 16.9 Å². The number of esters is 2. The molecule has 0 amide bonds. The van der Waals surface area contributed by atoms with Crippen LogP contribution in [0.1, 0.15) is 27.0 Å². The molecule has 0 fully saturated rings. The monoisotopic (exact) mass is 536 g/mol. The number of halogens is 1. The zero-order valence-electron chi connectivity index (χ0n) is 18.5. The highest BCUT2D eigenvalue weighted by Crippen LogP contribution is 2.38. The highest BCUT2D eigenvalue weighted by molar-refractivity contribution is 9.10. The summed E-state index contributed by atoms with van der Waals surface area (Å²) in [5, 5.41) is 11.2. The van der Waals surface area contributed by atoms with Crippen LogP contribution in [0.25, 0.3) is 6.08 Å². The molecule has 4 rings (SSSR count). The van der Waals surface area contributed by atoms with Crippen molar-refractivity contribution in [2.45, 2.75) is 6.92 Å². The van der Waals surface area contributed by atoms with Gasteiger partial charge in [0.1, 0.15) is 0 Å². The summed E-state index contributed by atoms with van der Waals surface area (Å²) in [7, 11) is 1.42. The summed E-state index contributed by atoms with van der Waals surface area (Å²) in [5.41, 5.74) is 1.46. The lowest BCUT2D eigenvalue weighted by Gasteiger charge is -2.12. The van der Waals surface area contributed by atoms with Gasteiger partial charge in [-0.1, -0.05) is 24.3 Å². The number of carbonyl (C=O) groups is 2. The van der Waals surface area contributed by atoms with E-state index in [1.54, 1.807) is 55.5 Å². The van der Waals surface area contributed by atoms with Gasteiger partial charge in [-0.15, -0.1) is 0 Å². The maximum Gasteiger partial charge on any atom is 0.363 e. The standard InChI is InChI=1S/C25H17BrN2O7/c1-14-17(9-6-10-20(14)28(31)32)23-27-19(25(30)35-23)12-15-11-18(26)22(21(13-15)33-2)34-24(29)16-7-4-3-5-8-16/h3-13H,1-2H3/b19-12-. The van der Waals surface area contributed by atoms with Crippen LogP contribution in [0.5, 0.6) is 11.5 Å². The molecule has 3 aromatic rings. The van der Waals surface area contributed by atoms with Crippen molar-refractivity contribution in [1.82, 2.24) is 0 Å². The summed E-state index contributed by atoms with van der Waals surface area (Å²) < 4.78 is 16.6. The van der Waals surface area contributed by atoms with Crippen molar-refractivity contribution in [2.24, 2.45) is 4.99 Å². The Bertz CT molecular complexity index is 1410. The number of cyclic esters (lactones) is 1. The number of methoxy groups -OCH3 is 1. The minimum Gasteiger partial charge on any atom is -0.493 e. The molecular formula is C25H17BrN2O7. The van der Waals surface area contributed by atoms with E-state index in [1.165, 1.54) is 25.3 Å². The fraction of sp³-hybridized carbons (Fsp3) is 0.0800. The molecule has 0 saturated heterocycles. The molecule has 1 heterocycles. The molecule has 0 aliphatic carbocycles. The molecule has 10 heteroatoms. The highest BCUT2D eigenvalue weighted by Gasteiger charge is 2.28. The summed E-state index contributed by atoms with van der Waals surface area (Å²) in [4.78, 5) is 39.9. The second-order valence-corrected chi connectivity index (χ2v) is 8.19. The van der Waals surface area contributed by atoms with Crippen LogP contribution in [0, 0.1) is 17.0 Å². The van der Waals surface area contributed by atoms with Gasteiger partial charge in [0.15, 0.2) is 17.2 Å². The average Bonchev–Trinajstić information content (AvgIpc) is 3.20. The van der Waals surface area contributed by atoms with E-state index in [1.807, 2.05) is 0 Å². The molecule has 0 bridgehead atoms. The summed E-state index contributed by atoms with van der Waals surface area (Å²) in [6.07, 6.45) is 1.47. The summed E-state index contributed by atoms with van der Waals surface area (Å²) in [6.45, 7) is 1.56. The first-order valence-electron chi connectivity index (χ1n) is 10.2. The van der Waals surface area contributed by atoms with Gasteiger partial charge >= 0.3 is 11.9 Å². The lowest BCUT2D eigenvalue weighted by molar-refractivity contribution is -0.385. The predicted octanol–water partition coefficient (Wildman–Crippen LogP) is 5.24. The van der Waals surface area contributed by atoms with E-state index in [-0.39, 0.29) is 28.8 Å². The normalized spacial score (nSPS) is 13.9. The van der Waals surface area contributed by atoms with Gasteiger partial charge in [-0.2, -0.15) is 0 Å². The molecule has 0 spiro atoms. The first kappa shape index (κ1) is 23.8. The maximum atomic E-state index is 12.5. The largest absolute Gasteiger partial charge is 0.493 e. The van der Waals surface area contributed by atoms with Gasteiger partial charge in [0, 0.05) is 17.2 Å². The Hall–Kier alpha value is -4.31. The van der Waals surface area contributed by atoms with E-state index >= 15 is 0 Å². The molecule has 0 aromatic heterocycles. The number of hydrogen-bond acceptors (Lipinski definition) is 8. The lowest BCUT2D eigenvalue weighted by Crippen LogP contribution is -2.09. The van der Waals surface area contributed by atoms with Crippen molar-refractivity contribution < 1.29 is 28.7 Å².